The van der Waals surface area contributed by atoms with E-state index in [1.807, 2.05) is 18.7 Å². The zero-order chi connectivity index (χ0) is 13.9. The quantitative estimate of drug-likeness (QED) is 0.879. The number of imidazole rings is 1. The molecule has 20 heavy (non-hydrogen) atoms. The second-order valence-electron chi connectivity index (χ2n) is 6.17. The van der Waals surface area contributed by atoms with Crippen molar-refractivity contribution in [3.63, 3.8) is 0 Å². The van der Waals surface area contributed by atoms with Crippen molar-refractivity contribution in [3.05, 3.63) is 18.7 Å². The minimum Gasteiger partial charge on any atom is -0.350 e. The van der Waals surface area contributed by atoms with E-state index in [1.54, 1.807) is 0 Å². The first kappa shape index (κ1) is 13.6. The van der Waals surface area contributed by atoms with E-state index in [-0.39, 0.29) is 18.0 Å². The van der Waals surface area contributed by atoms with Crippen LogP contribution in [-0.4, -0.2) is 34.1 Å². The highest BCUT2D eigenvalue weighted by atomic mass is 16.2. The lowest BCUT2D eigenvalue weighted by Crippen LogP contribution is -2.53. The Morgan fingerprint density at radius 2 is 2.25 bits per heavy atom. The van der Waals surface area contributed by atoms with Gasteiger partial charge in [0, 0.05) is 18.4 Å². The zero-order valence-electron chi connectivity index (χ0n) is 12.1. The summed E-state index contributed by atoms with van der Waals surface area (Å²) in [5, 5.41) is 6.63. The lowest BCUT2D eigenvalue weighted by Gasteiger charge is -2.31. The third-order valence-electron chi connectivity index (χ3n) is 4.77. The van der Waals surface area contributed by atoms with Crippen LogP contribution in [0.2, 0.25) is 0 Å². The highest BCUT2D eigenvalue weighted by Gasteiger charge is 2.33. The smallest absolute Gasteiger partial charge is 0.237 e. The maximum Gasteiger partial charge on any atom is 0.237 e. The van der Waals surface area contributed by atoms with Gasteiger partial charge in [0.1, 0.15) is 0 Å². The van der Waals surface area contributed by atoms with Crippen molar-refractivity contribution < 1.29 is 4.79 Å². The van der Waals surface area contributed by atoms with E-state index in [4.69, 9.17) is 0 Å². The molecule has 0 radical (unpaired) electrons. The van der Waals surface area contributed by atoms with Gasteiger partial charge in [0.2, 0.25) is 5.91 Å². The summed E-state index contributed by atoms with van der Waals surface area (Å²) >= 11 is 0. The van der Waals surface area contributed by atoms with Crippen LogP contribution in [0, 0.1) is 5.92 Å². The molecule has 5 heteroatoms. The SMILES string of the molecule is CC1CCCNC1C(=O)NC1CCCC1n1ccnc1. The number of nitrogens with zero attached hydrogens (tertiary/aromatic N) is 2. The van der Waals surface area contributed by atoms with Crippen LogP contribution in [0.15, 0.2) is 18.7 Å². The van der Waals surface area contributed by atoms with E-state index in [0.29, 0.717) is 12.0 Å². The van der Waals surface area contributed by atoms with Crippen LogP contribution in [0.3, 0.4) is 0 Å². The molecule has 4 atom stereocenters. The highest BCUT2D eigenvalue weighted by Crippen LogP contribution is 2.30. The van der Waals surface area contributed by atoms with E-state index in [0.717, 1.165) is 25.8 Å². The molecule has 1 saturated carbocycles. The molecule has 1 aliphatic carbocycles. The van der Waals surface area contributed by atoms with Gasteiger partial charge >= 0.3 is 0 Å². The molecule has 2 heterocycles. The topological polar surface area (TPSA) is 59.0 Å². The minimum absolute atomic E-state index is 0.0206. The fraction of sp³-hybridized carbons (Fsp3) is 0.733. The third kappa shape index (κ3) is 2.73. The normalized spacial score (nSPS) is 34.0. The van der Waals surface area contributed by atoms with Crippen molar-refractivity contribution in [1.29, 1.82) is 0 Å². The summed E-state index contributed by atoms with van der Waals surface area (Å²) in [7, 11) is 0. The van der Waals surface area contributed by atoms with Gasteiger partial charge in [-0.15, -0.1) is 0 Å². The predicted octanol–water partition coefficient (Wildman–Crippen LogP) is 1.48. The van der Waals surface area contributed by atoms with Crippen molar-refractivity contribution >= 4 is 5.91 Å². The van der Waals surface area contributed by atoms with E-state index in [1.165, 1.54) is 12.8 Å². The van der Waals surface area contributed by atoms with Crippen LogP contribution in [-0.2, 0) is 4.79 Å². The molecule has 0 bridgehead atoms. The van der Waals surface area contributed by atoms with Gasteiger partial charge in [-0.05, 0) is 44.6 Å². The largest absolute Gasteiger partial charge is 0.350 e. The van der Waals surface area contributed by atoms with Crippen molar-refractivity contribution in [3.8, 4) is 0 Å². The van der Waals surface area contributed by atoms with Gasteiger partial charge in [0.05, 0.1) is 18.4 Å². The fourth-order valence-corrected chi connectivity index (χ4v) is 3.60. The van der Waals surface area contributed by atoms with Crippen molar-refractivity contribution in [1.82, 2.24) is 20.2 Å². The van der Waals surface area contributed by atoms with E-state index in [9.17, 15) is 4.79 Å². The molecule has 0 aromatic carbocycles. The summed E-state index contributed by atoms with van der Waals surface area (Å²) < 4.78 is 2.13. The van der Waals surface area contributed by atoms with Gasteiger partial charge in [0.25, 0.3) is 0 Å². The average Bonchev–Trinajstić information content (AvgIpc) is 3.09. The molecule has 1 aliphatic heterocycles. The maximum absolute atomic E-state index is 12.5. The molecule has 3 rings (SSSR count). The zero-order valence-corrected chi connectivity index (χ0v) is 12.1. The predicted molar refractivity (Wildman–Crippen MR) is 77.2 cm³/mol. The minimum atomic E-state index is -0.0206. The van der Waals surface area contributed by atoms with Crippen LogP contribution < -0.4 is 10.6 Å². The lowest BCUT2D eigenvalue weighted by molar-refractivity contribution is -0.125. The van der Waals surface area contributed by atoms with Gasteiger partial charge in [-0.2, -0.15) is 0 Å². The van der Waals surface area contributed by atoms with E-state index in [2.05, 4.69) is 27.1 Å². The van der Waals surface area contributed by atoms with Gasteiger partial charge in [0.15, 0.2) is 0 Å². The van der Waals surface area contributed by atoms with Gasteiger partial charge in [-0.3, -0.25) is 4.79 Å². The summed E-state index contributed by atoms with van der Waals surface area (Å²) in [6, 6.07) is 0.584. The van der Waals surface area contributed by atoms with Gasteiger partial charge in [-0.1, -0.05) is 6.92 Å². The molecule has 0 spiro atoms. The highest BCUT2D eigenvalue weighted by molar-refractivity contribution is 5.82. The number of aromatic nitrogens is 2. The first-order valence-electron chi connectivity index (χ1n) is 7.77. The number of piperidine rings is 1. The molecule has 4 unspecified atom stereocenters. The molecule has 1 amide bonds. The monoisotopic (exact) mass is 276 g/mol. The van der Waals surface area contributed by atoms with Gasteiger partial charge in [-0.25, -0.2) is 4.98 Å². The summed E-state index contributed by atoms with van der Waals surface area (Å²) in [6.07, 6.45) is 11.3. The number of carbonyl (C=O) groups excluding carboxylic acids is 1. The number of amides is 1. The number of hydrogen-bond acceptors (Lipinski definition) is 3. The molecule has 1 saturated heterocycles. The molecular weight excluding hydrogens is 252 g/mol. The van der Waals surface area contributed by atoms with Gasteiger partial charge < -0.3 is 15.2 Å². The van der Waals surface area contributed by atoms with E-state index < -0.39 is 0 Å². The first-order valence-corrected chi connectivity index (χ1v) is 7.77. The number of rotatable bonds is 3. The Balaban J connectivity index is 1.63. The van der Waals surface area contributed by atoms with Crippen LogP contribution in [0.4, 0.5) is 0 Å². The molecule has 1 aromatic heterocycles. The molecular formula is C15H24N4O. The summed E-state index contributed by atoms with van der Waals surface area (Å²) in [4.78, 5) is 16.6. The van der Waals surface area contributed by atoms with Crippen LogP contribution in [0.25, 0.3) is 0 Å². The Kier molecular flexibility index (Phi) is 4.05. The molecule has 2 N–H and O–H groups in total. The molecule has 2 fully saturated rings. The molecule has 110 valence electrons. The summed E-state index contributed by atoms with van der Waals surface area (Å²) in [5.74, 6) is 0.603. The second-order valence-corrected chi connectivity index (χ2v) is 6.17. The van der Waals surface area contributed by atoms with Crippen LogP contribution in [0.5, 0.6) is 0 Å². The Bertz CT molecular complexity index is 445. The fourth-order valence-electron chi connectivity index (χ4n) is 3.60. The Morgan fingerprint density at radius 1 is 1.35 bits per heavy atom. The molecule has 2 aliphatic rings. The second kappa shape index (κ2) is 5.95. The first-order chi connectivity index (χ1) is 9.75. The lowest BCUT2D eigenvalue weighted by atomic mass is 9.92. The Labute approximate surface area is 120 Å². The van der Waals surface area contributed by atoms with Crippen molar-refractivity contribution in [2.75, 3.05) is 6.54 Å². The molecule has 1 aromatic rings. The summed E-state index contributed by atoms with van der Waals surface area (Å²) in [5.41, 5.74) is 0. The molecule has 5 nitrogen and oxygen atoms in total. The summed E-state index contributed by atoms with van der Waals surface area (Å²) in [6.45, 7) is 3.12. The maximum atomic E-state index is 12.5. The number of hydrogen-bond donors (Lipinski definition) is 2. The Morgan fingerprint density at radius 3 is 3.00 bits per heavy atom. The number of nitrogens with one attached hydrogen (secondary N) is 2. The van der Waals surface area contributed by atoms with E-state index >= 15 is 0 Å². The Hall–Kier alpha value is -1.36. The van der Waals surface area contributed by atoms with Crippen LogP contribution >= 0.6 is 0 Å². The standard InChI is InChI=1S/C15H24N4O/c1-11-4-3-7-17-14(11)15(20)18-12-5-2-6-13(12)19-9-8-16-10-19/h8-14,17H,2-7H2,1H3,(H,18,20). The van der Waals surface area contributed by atoms with Crippen molar-refractivity contribution in [2.45, 2.75) is 57.2 Å². The van der Waals surface area contributed by atoms with Crippen LogP contribution in [0.1, 0.15) is 45.1 Å². The van der Waals surface area contributed by atoms with Crippen molar-refractivity contribution in [2.24, 2.45) is 5.92 Å². The third-order valence-corrected chi connectivity index (χ3v) is 4.77. The number of carbonyl (C=O) groups is 1. The average molecular weight is 276 g/mol.